The van der Waals surface area contributed by atoms with Gasteiger partial charge < -0.3 is 10.2 Å². The van der Waals surface area contributed by atoms with Crippen molar-refractivity contribution in [3.8, 4) is 0 Å². The maximum absolute atomic E-state index is 13.3. The van der Waals surface area contributed by atoms with Crippen molar-refractivity contribution < 1.29 is 9.59 Å². The highest BCUT2D eigenvalue weighted by Gasteiger charge is 2.30. The Bertz CT molecular complexity index is 895. The second kappa shape index (κ2) is 13.0. The lowest BCUT2D eigenvalue weighted by Gasteiger charge is -2.31. The lowest BCUT2D eigenvalue weighted by atomic mass is 10.1. The van der Waals surface area contributed by atoms with Gasteiger partial charge in [0, 0.05) is 28.9 Å². The minimum absolute atomic E-state index is 0.0135. The van der Waals surface area contributed by atoms with E-state index in [2.05, 4.69) is 24.4 Å². The summed E-state index contributed by atoms with van der Waals surface area (Å²) in [4.78, 5) is 29.4. The maximum atomic E-state index is 13.3. The highest BCUT2D eigenvalue weighted by atomic mass is 35.5. The number of hydrogen-bond acceptors (Lipinski definition) is 3. The lowest BCUT2D eigenvalue weighted by molar-refractivity contribution is -0.141. The van der Waals surface area contributed by atoms with E-state index in [4.69, 9.17) is 11.6 Å². The van der Waals surface area contributed by atoms with Crippen LogP contribution in [0.4, 0.5) is 0 Å². The van der Waals surface area contributed by atoms with Gasteiger partial charge in [-0.05, 0) is 68.2 Å². The molecule has 33 heavy (non-hydrogen) atoms. The number of carbonyl (C=O) groups excluding carboxylic acids is 2. The van der Waals surface area contributed by atoms with Crippen LogP contribution in [0.25, 0.3) is 0 Å². The van der Waals surface area contributed by atoms with Gasteiger partial charge in [-0.1, -0.05) is 61.2 Å². The number of nitrogens with zero attached hydrogens (tertiary/aromatic N) is 1. The molecule has 1 unspecified atom stereocenters. The lowest BCUT2D eigenvalue weighted by Crippen LogP contribution is -2.50. The van der Waals surface area contributed by atoms with E-state index in [0.29, 0.717) is 19.4 Å². The third kappa shape index (κ3) is 8.08. The quantitative estimate of drug-likeness (QED) is 0.296. The Morgan fingerprint density at radius 1 is 1.09 bits per heavy atom. The first-order chi connectivity index (χ1) is 16.0. The van der Waals surface area contributed by atoms with E-state index in [1.54, 1.807) is 16.7 Å². The van der Waals surface area contributed by atoms with Gasteiger partial charge in [0.1, 0.15) is 6.04 Å². The number of benzene rings is 2. The zero-order chi connectivity index (χ0) is 23.6. The van der Waals surface area contributed by atoms with Gasteiger partial charge >= 0.3 is 0 Å². The molecule has 0 saturated heterocycles. The van der Waals surface area contributed by atoms with Crippen LogP contribution in [0.1, 0.15) is 63.0 Å². The van der Waals surface area contributed by atoms with Crippen LogP contribution < -0.4 is 5.32 Å². The minimum atomic E-state index is -0.441. The van der Waals surface area contributed by atoms with Crippen LogP contribution >= 0.6 is 23.4 Å². The molecule has 0 spiro atoms. The predicted octanol–water partition coefficient (Wildman–Crippen LogP) is 6.39. The molecule has 1 aliphatic rings. The zero-order valence-electron chi connectivity index (χ0n) is 19.7. The molecule has 4 nitrogen and oxygen atoms in total. The summed E-state index contributed by atoms with van der Waals surface area (Å²) in [7, 11) is 0. The Hall–Kier alpha value is -1.98. The Balaban J connectivity index is 1.63. The highest BCUT2D eigenvalue weighted by molar-refractivity contribution is 7.99. The van der Waals surface area contributed by atoms with Gasteiger partial charge in [-0.15, -0.1) is 11.8 Å². The van der Waals surface area contributed by atoms with Crippen LogP contribution in [0.5, 0.6) is 0 Å². The van der Waals surface area contributed by atoms with Crippen molar-refractivity contribution in [3.05, 3.63) is 64.7 Å². The molecular formula is C27H35ClN2O2S. The summed E-state index contributed by atoms with van der Waals surface area (Å²) >= 11 is 7.68. The SMILES string of the molecule is CCC(C(=O)NC1CCCC1)N(Cc1ccc(C)cc1)C(=O)CCCSc1ccc(Cl)cc1. The molecule has 178 valence electrons. The summed E-state index contributed by atoms with van der Waals surface area (Å²) < 4.78 is 0. The van der Waals surface area contributed by atoms with Crippen molar-refractivity contribution in [1.29, 1.82) is 0 Å². The average Bonchev–Trinajstić information content (AvgIpc) is 3.32. The van der Waals surface area contributed by atoms with Crippen LogP contribution in [0.15, 0.2) is 53.4 Å². The Labute approximate surface area is 207 Å². The summed E-state index contributed by atoms with van der Waals surface area (Å²) in [5.41, 5.74) is 2.23. The first-order valence-corrected chi connectivity index (χ1v) is 13.4. The van der Waals surface area contributed by atoms with Crippen LogP contribution in [0.2, 0.25) is 5.02 Å². The Kier molecular flexibility index (Phi) is 10.1. The molecule has 2 amide bonds. The molecule has 2 aromatic carbocycles. The summed E-state index contributed by atoms with van der Waals surface area (Å²) in [6.45, 7) is 4.50. The third-order valence-corrected chi connectivity index (χ3v) is 7.53. The van der Waals surface area contributed by atoms with Gasteiger partial charge in [0.15, 0.2) is 0 Å². The fourth-order valence-corrected chi connectivity index (χ4v) is 5.24. The predicted molar refractivity (Wildman–Crippen MR) is 138 cm³/mol. The number of aryl methyl sites for hydroxylation is 1. The van der Waals surface area contributed by atoms with Crippen molar-refractivity contribution in [1.82, 2.24) is 10.2 Å². The number of carbonyl (C=O) groups is 2. The van der Waals surface area contributed by atoms with Crippen molar-refractivity contribution in [2.24, 2.45) is 0 Å². The van der Waals surface area contributed by atoms with Gasteiger partial charge in [-0.3, -0.25) is 9.59 Å². The molecule has 0 bridgehead atoms. The molecule has 1 fully saturated rings. The number of hydrogen-bond donors (Lipinski definition) is 1. The molecule has 6 heteroatoms. The van der Waals surface area contributed by atoms with Gasteiger partial charge in [0.2, 0.25) is 11.8 Å². The van der Waals surface area contributed by atoms with Crippen LogP contribution in [-0.4, -0.2) is 34.6 Å². The van der Waals surface area contributed by atoms with E-state index in [1.165, 1.54) is 18.4 Å². The van der Waals surface area contributed by atoms with E-state index < -0.39 is 6.04 Å². The van der Waals surface area contributed by atoms with Gasteiger partial charge in [-0.2, -0.15) is 0 Å². The first-order valence-electron chi connectivity index (χ1n) is 12.0. The van der Waals surface area contributed by atoms with Crippen molar-refractivity contribution >= 4 is 35.2 Å². The van der Waals surface area contributed by atoms with Crippen molar-refractivity contribution in [2.75, 3.05) is 5.75 Å². The summed E-state index contributed by atoms with van der Waals surface area (Å²) in [6.07, 6.45) is 6.20. The standard InChI is InChI=1S/C27H35ClN2O2S/c1-3-25(27(32)29-23-7-4-5-8-23)30(19-21-12-10-20(2)11-13-21)26(31)9-6-18-33-24-16-14-22(28)15-17-24/h10-17,23,25H,3-9,18-19H2,1-2H3,(H,29,32). The average molecular weight is 487 g/mol. The second-order valence-corrected chi connectivity index (χ2v) is 10.4. The van der Waals surface area contributed by atoms with E-state index in [0.717, 1.165) is 40.5 Å². The van der Waals surface area contributed by atoms with E-state index >= 15 is 0 Å². The van der Waals surface area contributed by atoms with E-state index in [-0.39, 0.29) is 17.9 Å². The normalized spacial score (nSPS) is 14.8. The minimum Gasteiger partial charge on any atom is -0.352 e. The molecule has 0 aliphatic heterocycles. The maximum Gasteiger partial charge on any atom is 0.243 e. The highest BCUT2D eigenvalue weighted by Crippen LogP contribution is 2.23. The number of halogens is 1. The van der Waals surface area contributed by atoms with Gasteiger partial charge in [0.25, 0.3) is 0 Å². The van der Waals surface area contributed by atoms with E-state index in [1.807, 2.05) is 43.3 Å². The Morgan fingerprint density at radius 2 is 1.76 bits per heavy atom. The van der Waals surface area contributed by atoms with Crippen LogP contribution in [-0.2, 0) is 16.1 Å². The number of thioether (sulfide) groups is 1. The molecule has 1 N–H and O–H groups in total. The molecule has 2 aromatic rings. The monoisotopic (exact) mass is 486 g/mol. The van der Waals surface area contributed by atoms with Crippen molar-refractivity contribution in [3.63, 3.8) is 0 Å². The molecule has 3 rings (SSSR count). The largest absolute Gasteiger partial charge is 0.352 e. The molecule has 0 aromatic heterocycles. The molecule has 1 aliphatic carbocycles. The molecule has 0 heterocycles. The molecule has 1 saturated carbocycles. The summed E-state index contributed by atoms with van der Waals surface area (Å²) in [6, 6.07) is 15.8. The number of rotatable bonds is 11. The van der Waals surface area contributed by atoms with Crippen LogP contribution in [0.3, 0.4) is 0 Å². The fraction of sp³-hybridized carbons (Fsp3) is 0.481. The summed E-state index contributed by atoms with van der Waals surface area (Å²) in [5.74, 6) is 0.873. The third-order valence-electron chi connectivity index (χ3n) is 6.18. The van der Waals surface area contributed by atoms with Crippen molar-refractivity contribution in [2.45, 2.75) is 82.3 Å². The fourth-order valence-electron chi connectivity index (χ4n) is 4.27. The van der Waals surface area contributed by atoms with Crippen LogP contribution in [0, 0.1) is 6.92 Å². The number of nitrogens with one attached hydrogen (secondary N) is 1. The first kappa shape index (κ1) is 25.6. The Morgan fingerprint density at radius 3 is 2.39 bits per heavy atom. The molecular weight excluding hydrogens is 452 g/mol. The number of amides is 2. The van der Waals surface area contributed by atoms with Gasteiger partial charge in [0.05, 0.1) is 0 Å². The molecule has 0 radical (unpaired) electrons. The summed E-state index contributed by atoms with van der Waals surface area (Å²) in [5, 5.41) is 3.93. The van der Waals surface area contributed by atoms with Gasteiger partial charge in [-0.25, -0.2) is 0 Å². The zero-order valence-corrected chi connectivity index (χ0v) is 21.3. The topological polar surface area (TPSA) is 49.4 Å². The molecule has 1 atom stereocenters. The van der Waals surface area contributed by atoms with E-state index in [9.17, 15) is 9.59 Å². The smallest absolute Gasteiger partial charge is 0.243 e. The second-order valence-electron chi connectivity index (χ2n) is 8.83.